The van der Waals surface area contributed by atoms with Crippen LogP contribution in [-0.4, -0.2) is 20.4 Å². The minimum absolute atomic E-state index is 0.0728. The molecule has 6 nitrogen and oxygen atoms in total. The molecule has 0 saturated carbocycles. The maximum absolute atomic E-state index is 12.8. The summed E-state index contributed by atoms with van der Waals surface area (Å²) >= 11 is 10.3. The van der Waals surface area contributed by atoms with Crippen molar-refractivity contribution in [1.82, 2.24) is 14.5 Å². The van der Waals surface area contributed by atoms with Crippen molar-refractivity contribution in [2.75, 3.05) is 4.90 Å². The Hall–Kier alpha value is -2.46. The lowest BCUT2D eigenvalue weighted by Crippen LogP contribution is -2.22. The number of halogens is 1. The Kier molecular flexibility index (Phi) is 6.57. The molecule has 4 rings (SSSR count). The van der Waals surface area contributed by atoms with Crippen LogP contribution < -0.4 is 10.5 Å². The molecular weight excluding hydrogens is 472 g/mol. The Morgan fingerprint density at radius 3 is 2.90 bits per heavy atom. The third-order valence-corrected chi connectivity index (χ3v) is 7.25. The van der Waals surface area contributed by atoms with E-state index < -0.39 is 0 Å². The van der Waals surface area contributed by atoms with E-state index in [1.165, 1.54) is 46.3 Å². The van der Waals surface area contributed by atoms with Crippen molar-refractivity contribution >= 4 is 73.0 Å². The van der Waals surface area contributed by atoms with Gasteiger partial charge in [0.15, 0.2) is 10.3 Å². The van der Waals surface area contributed by atoms with Crippen molar-refractivity contribution in [3.63, 3.8) is 0 Å². The Bertz CT molecular complexity index is 1330. The molecule has 0 fully saturated rings. The number of amides is 1. The number of carbonyl (C=O) groups is 1. The van der Waals surface area contributed by atoms with Crippen LogP contribution in [0.2, 0.25) is 5.02 Å². The largest absolute Gasteiger partial charge is 0.283 e. The fraction of sp³-hybridized carbons (Fsp3) is 0.143. The van der Waals surface area contributed by atoms with E-state index in [1.807, 2.05) is 16.8 Å². The minimum Gasteiger partial charge on any atom is -0.283 e. The SMILES string of the molecule is C=CCn1c(SCc2csc(N(C(C)=O)c3cccc(Cl)c3)n2)nc2sccc2c1=O. The average molecular weight is 489 g/mol. The summed E-state index contributed by atoms with van der Waals surface area (Å²) in [5.41, 5.74) is 1.39. The average Bonchev–Trinajstić information content (AvgIpc) is 3.38. The molecule has 0 bridgehead atoms. The molecule has 10 heteroatoms. The van der Waals surface area contributed by atoms with E-state index in [9.17, 15) is 9.59 Å². The highest BCUT2D eigenvalue weighted by Crippen LogP contribution is 2.32. The third kappa shape index (κ3) is 4.59. The standard InChI is InChI=1S/C21H17ClN4O2S3/c1-3-8-25-19(28)17-7-9-29-18(17)24-20(25)30-11-15-12-31-21(23-15)26(13(2)27)16-6-4-5-14(22)10-16/h3-7,9-10,12H,1,8,11H2,2H3. The molecule has 1 amide bonds. The monoisotopic (exact) mass is 488 g/mol. The molecule has 0 aliphatic rings. The number of rotatable bonds is 7. The molecule has 0 spiro atoms. The smallest absolute Gasteiger partial charge is 0.263 e. The molecule has 3 aromatic heterocycles. The minimum atomic E-state index is -0.152. The fourth-order valence-electron chi connectivity index (χ4n) is 2.98. The summed E-state index contributed by atoms with van der Waals surface area (Å²) in [6, 6.07) is 8.89. The van der Waals surface area contributed by atoms with Gasteiger partial charge < -0.3 is 0 Å². The van der Waals surface area contributed by atoms with Crippen molar-refractivity contribution in [3.05, 3.63) is 74.8 Å². The zero-order valence-electron chi connectivity index (χ0n) is 16.4. The van der Waals surface area contributed by atoms with Crippen molar-refractivity contribution in [2.24, 2.45) is 0 Å². The van der Waals surface area contributed by atoms with E-state index in [0.717, 1.165) is 10.5 Å². The molecule has 158 valence electrons. The van der Waals surface area contributed by atoms with E-state index in [0.29, 0.717) is 38.7 Å². The summed E-state index contributed by atoms with van der Waals surface area (Å²) in [7, 11) is 0. The topological polar surface area (TPSA) is 68.1 Å². The van der Waals surface area contributed by atoms with E-state index in [4.69, 9.17) is 11.6 Å². The molecule has 0 saturated heterocycles. The van der Waals surface area contributed by atoms with Gasteiger partial charge in [-0.1, -0.05) is 35.5 Å². The van der Waals surface area contributed by atoms with Crippen LogP contribution in [0.1, 0.15) is 12.6 Å². The third-order valence-electron chi connectivity index (χ3n) is 4.32. The Balaban J connectivity index is 1.60. The molecule has 0 aliphatic heterocycles. The summed E-state index contributed by atoms with van der Waals surface area (Å²) in [6.45, 7) is 5.62. The number of benzene rings is 1. The molecule has 0 N–H and O–H groups in total. The van der Waals surface area contributed by atoms with Crippen LogP contribution in [0.15, 0.2) is 63.7 Å². The number of aromatic nitrogens is 3. The first-order valence-corrected chi connectivity index (χ1v) is 12.3. The maximum Gasteiger partial charge on any atom is 0.263 e. The van der Waals surface area contributed by atoms with E-state index >= 15 is 0 Å². The molecular formula is C21H17ClN4O2S3. The number of thiophene rings is 1. The summed E-state index contributed by atoms with van der Waals surface area (Å²) < 4.78 is 1.62. The molecule has 31 heavy (non-hydrogen) atoms. The number of hydrogen-bond acceptors (Lipinski definition) is 7. The van der Waals surface area contributed by atoms with Crippen LogP contribution in [0.5, 0.6) is 0 Å². The van der Waals surface area contributed by atoms with Crippen LogP contribution in [0.3, 0.4) is 0 Å². The van der Waals surface area contributed by atoms with Crippen molar-refractivity contribution in [1.29, 1.82) is 0 Å². The zero-order chi connectivity index (χ0) is 22.0. The van der Waals surface area contributed by atoms with Gasteiger partial charge in [-0.2, -0.15) is 0 Å². The van der Waals surface area contributed by atoms with E-state index in [1.54, 1.807) is 34.9 Å². The Labute approximate surface area is 195 Å². The molecule has 4 aromatic rings. The van der Waals surface area contributed by atoms with Crippen molar-refractivity contribution in [2.45, 2.75) is 24.4 Å². The van der Waals surface area contributed by atoms with Crippen molar-refractivity contribution < 1.29 is 4.79 Å². The lowest BCUT2D eigenvalue weighted by Gasteiger charge is -2.18. The van der Waals surface area contributed by atoms with Crippen LogP contribution >= 0.6 is 46.0 Å². The summed E-state index contributed by atoms with van der Waals surface area (Å²) in [6.07, 6.45) is 1.68. The number of hydrogen-bond donors (Lipinski definition) is 0. The van der Waals surface area contributed by atoms with Gasteiger partial charge in [-0.25, -0.2) is 9.97 Å². The number of anilines is 2. The highest BCUT2D eigenvalue weighted by atomic mass is 35.5. The second kappa shape index (κ2) is 9.35. The van der Waals surface area contributed by atoms with E-state index in [2.05, 4.69) is 16.5 Å². The number of allylic oxidation sites excluding steroid dienone is 1. The molecule has 0 unspecified atom stereocenters. The number of nitrogens with zero attached hydrogens (tertiary/aromatic N) is 4. The lowest BCUT2D eigenvalue weighted by molar-refractivity contribution is -0.115. The van der Waals surface area contributed by atoms with Gasteiger partial charge in [0.25, 0.3) is 5.56 Å². The number of thiazole rings is 1. The molecule has 0 atom stereocenters. The predicted molar refractivity (Wildman–Crippen MR) is 130 cm³/mol. The van der Waals surface area contributed by atoms with Gasteiger partial charge >= 0.3 is 0 Å². The number of fused-ring (bicyclic) bond motifs is 1. The summed E-state index contributed by atoms with van der Waals surface area (Å²) in [5.74, 6) is 0.360. The van der Waals surface area contributed by atoms with Gasteiger partial charge in [-0.3, -0.25) is 19.1 Å². The predicted octanol–water partition coefficient (Wildman–Crippen LogP) is 5.73. The Morgan fingerprint density at radius 1 is 1.32 bits per heavy atom. The Morgan fingerprint density at radius 2 is 2.16 bits per heavy atom. The fourth-order valence-corrected chi connectivity index (χ4v) is 5.86. The molecule has 1 aromatic carbocycles. The highest BCUT2D eigenvalue weighted by molar-refractivity contribution is 7.98. The summed E-state index contributed by atoms with van der Waals surface area (Å²) in [4.78, 5) is 36.6. The summed E-state index contributed by atoms with van der Waals surface area (Å²) in [5, 5.41) is 6.12. The van der Waals surface area contributed by atoms with Gasteiger partial charge in [0.05, 0.1) is 16.8 Å². The van der Waals surface area contributed by atoms with Crippen LogP contribution in [0.25, 0.3) is 10.2 Å². The van der Waals surface area contributed by atoms with E-state index in [-0.39, 0.29) is 11.5 Å². The second-order valence-corrected chi connectivity index (χ2v) is 9.59. The van der Waals surface area contributed by atoms with Crippen LogP contribution in [0.4, 0.5) is 10.8 Å². The first-order valence-electron chi connectivity index (χ1n) is 9.20. The molecule has 0 aliphatic carbocycles. The van der Waals surface area contributed by atoms with Crippen LogP contribution in [-0.2, 0) is 17.1 Å². The first-order chi connectivity index (χ1) is 15.0. The quantitative estimate of drug-likeness (QED) is 0.189. The highest BCUT2D eigenvalue weighted by Gasteiger charge is 2.19. The van der Waals surface area contributed by atoms with Crippen LogP contribution in [0, 0.1) is 0 Å². The van der Waals surface area contributed by atoms with Gasteiger partial charge in [-0.05, 0) is 29.6 Å². The number of thioether (sulfide) groups is 1. The number of carbonyl (C=O) groups excluding carboxylic acids is 1. The van der Waals surface area contributed by atoms with Gasteiger partial charge in [0, 0.05) is 29.6 Å². The first kappa shape index (κ1) is 21.8. The molecule has 0 radical (unpaired) electrons. The maximum atomic E-state index is 12.8. The van der Waals surface area contributed by atoms with Gasteiger partial charge in [-0.15, -0.1) is 29.3 Å². The van der Waals surface area contributed by atoms with Crippen molar-refractivity contribution in [3.8, 4) is 0 Å². The normalized spacial score (nSPS) is 11.0. The van der Waals surface area contributed by atoms with Gasteiger partial charge in [0.1, 0.15) is 4.83 Å². The second-order valence-electron chi connectivity index (χ2n) is 6.48. The van der Waals surface area contributed by atoms with Gasteiger partial charge in [0.2, 0.25) is 5.91 Å². The lowest BCUT2D eigenvalue weighted by atomic mass is 10.3. The zero-order valence-corrected chi connectivity index (χ0v) is 19.7. The molecule has 3 heterocycles.